The van der Waals surface area contributed by atoms with Crippen LogP contribution in [0.4, 0.5) is 0 Å². The first kappa shape index (κ1) is 35.0. The fraction of sp³-hybridized carbons (Fsp3) is 0.634. The number of benzene rings is 1. The van der Waals surface area contributed by atoms with Gasteiger partial charge in [0.15, 0.2) is 5.78 Å². The van der Waals surface area contributed by atoms with Crippen LogP contribution in [0.3, 0.4) is 0 Å². The zero-order chi connectivity index (χ0) is 34.8. The number of aliphatic hydroxyl groups is 3. The summed E-state index contributed by atoms with van der Waals surface area (Å²) in [5, 5.41) is 45.4. The molecule has 0 heterocycles. The summed E-state index contributed by atoms with van der Waals surface area (Å²) in [5.74, 6) is -1.78. The Kier molecular flexibility index (Phi) is 9.09. The summed E-state index contributed by atoms with van der Waals surface area (Å²) in [7, 11) is 0. The highest BCUT2D eigenvalue weighted by Gasteiger charge is 2.73. The first-order valence-corrected chi connectivity index (χ1v) is 18.1. The molecule has 7 heteroatoms. The fourth-order valence-corrected chi connectivity index (χ4v) is 11.9. The quantitative estimate of drug-likeness (QED) is 0.240. The van der Waals surface area contributed by atoms with Gasteiger partial charge in [0.2, 0.25) is 0 Å². The molecule has 0 amide bonds. The molecule has 0 unspecified atom stereocenters. The second-order valence-electron chi connectivity index (χ2n) is 16.7. The van der Waals surface area contributed by atoms with Gasteiger partial charge >= 0.3 is 5.97 Å². The van der Waals surface area contributed by atoms with Crippen LogP contribution in [0.25, 0.3) is 6.08 Å². The monoisotopic (exact) mass is 658 g/mol. The molecule has 0 aliphatic heterocycles. The van der Waals surface area contributed by atoms with E-state index >= 15 is 4.79 Å². The molecule has 4 N–H and O–H groups in total. The summed E-state index contributed by atoms with van der Waals surface area (Å²) in [6.07, 6.45) is 8.96. The second kappa shape index (κ2) is 12.5. The van der Waals surface area contributed by atoms with Gasteiger partial charge in [-0.3, -0.25) is 9.59 Å². The third kappa shape index (κ3) is 5.13. The summed E-state index contributed by atoms with van der Waals surface area (Å²) in [6, 6.07) is 9.95. The van der Waals surface area contributed by atoms with E-state index in [2.05, 4.69) is 13.0 Å². The first-order chi connectivity index (χ1) is 22.6. The molecule has 2 bridgehead atoms. The number of hydrogen-bond donors (Lipinski definition) is 4. The van der Waals surface area contributed by atoms with Gasteiger partial charge in [-0.1, -0.05) is 89.4 Å². The van der Waals surface area contributed by atoms with Crippen molar-refractivity contribution in [1.82, 2.24) is 0 Å². The van der Waals surface area contributed by atoms with Crippen LogP contribution in [0.15, 0.2) is 59.2 Å². The van der Waals surface area contributed by atoms with Crippen LogP contribution >= 0.6 is 0 Å². The molecule has 0 saturated heterocycles. The van der Waals surface area contributed by atoms with E-state index in [1.54, 1.807) is 0 Å². The lowest BCUT2D eigenvalue weighted by Crippen LogP contribution is -2.64. The predicted molar refractivity (Wildman–Crippen MR) is 184 cm³/mol. The van der Waals surface area contributed by atoms with E-state index in [1.165, 1.54) is 13.0 Å². The molecular weight excluding hydrogens is 604 g/mol. The number of ketones is 2. The lowest BCUT2D eigenvalue weighted by Gasteiger charge is -2.65. The highest BCUT2D eigenvalue weighted by atomic mass is 16.4. The fourth-order valence-electron chi connectivity index (χ4n) is 11.9. The van der Waals surface area contributed by atoms with Crippen molar-refractivity contribution in [3.8, 4) is 0 Å². The molecule has 48 heavy (non-hydrogen) atoms. The average molecular weight is 659 g/mol. The molecular formula is C41H54O7. The van der Waals surface area contributed by atoms with Crippen LogP contribution in [0.1, 0.15) is 104 Å². The van der Waals surface area contributed by atoms with E-state index in [1.807, 2.05) is 57.2 Å². The summed E-state index contributed by atoms with van der Waals surface area (Å²) in [5.41, 5.74) is -0.367. The maximum absolute atomic E-state index is 15.0. The normalized spacial score (nSPS) is 39.2. The number of carbonyl (C=O) groups excluding carboxylic acids is 2. The first-order valence-electron chi connectivity index (χ1n) is 18.1. The number of carbonyl (C=O) groups is 3. The molecule has 5 aliphatic carbocycles. The second-order valence-corrected chi connectivity index (χ2v) is 16.7. The lowest BCUT2D eigenvalue weighted by molar-refractivity contribution is -0.155. The zero-order valence-corrected chi connectivity index (χ0v) is 29.2. The molecule has 0 aromatic heterocycles. The number of aliphatic carboxylic acids is 1. The van der Waals surface area contributed by atoms with Gasteiger partial charge in [0.1, 0.15) is 5.78 Å². The van der Waals surface area contributed by atoms with Gasteiger partial charge in [0.25, 0.3) is 0 Å². The molecule has 5 aliphatic rings. The number of aliphatic hydroxyl groups excluding tert-OH is 3. The Bertz CT molecular complexity index is 1550. The van der Waals surface area contributed by atoms with Crippen LogP contribution in [-0.2, 0) is 14.4 Å². The summed E-state index contributed by atoms with van der Waals surface area (Å²) in [4.78, 5) is 40.2. The van der Waals surface area contributed by atoms with E-state index in [4.69, 9.17) is 0 Å². The summed E-state index contributed by atoms with van der Waals surface area (Å²) in [6.45, 7) is 9.63. The average Bonchev–Trinajstić information content (AvgIpc) is 3.25. The minimum absolute atomic E-state index is 0.0533. The van der Waals surface area contributed by atoms with E-state index < -0.39 is 51.9 Å². The highest BCUT2D eigenvalue weighted by molar-refractivity contribution is 6.01. The largest absolute Gasteiger partial charge is 0.478 e. The molecule has 1 aromatic carbocycles. The Labute approximate surface area is 285 Å². The molecule has 7 nitrogen and oxygen atoms in total. The van der Waals surface area contributed by atoms with E-state index in [0.717, 1.165) is 37.7 Å². The number of allylic oxidation sites excluding steroid dienone is 1. The van der Waals surface area contributed by atoms with Gasteiger partial charge in [-0.2, -0.15) is 0 Å². The van der Waals surface area contributed by atoms with Gasteiger partial charge < -0.3 is 20.4 Å². The highest BCUT2D eigenvalue weighted by Crippen LogP contribution is 2.74. The van der Waals surface area contributed by atoms with Crippen molar-refractivity contribution < 1.29 is 34.8 Å². The van der Waals surface area contributed by atoms with E-state index in [-0.39, 0.29) is 41.3 Å². The van der Waals surface area contributed by atoms with Crippen molar-refractivity contribution in [2.24, 2.45) is 45.3 Å². The Morgan fingerprint density at radius 3 is 2.40 bits per heavy atom. The smallest absolute Gasteiger partial charge is 0.331 e. The van der Waals surface area contributed by atoms with Crippen LogP contribution in [-0.4, -0.2) is 56.3 Å². The molecule has 10 atom stereocenters. The van der Waals surface area contributed by atoms with Crippen molar-refractivity contribution >= 4 is 23.6 Å². The zero-order valence-electron chi connectivity index (χ0n) is 29.2. The van der Waals surface area contributed by atoms with E-state index in [9.17, 15) is 30.0 Å². The molecule has 3 fully saturated rings. The Balaban J connectivity index is 1.54. The van der Waals surface area contributed by atoms with Crippen molar-refractivity contribution in [3.05, 3.63) is 64.8 Å². The molecule has 0 radical (unpaired) electrons. The van der Waals surface area contributed by atoms with Crippen LogP contribution in [0, 0.1) is 45.3 Å². The summed E-state index contributed by atoms with van der Waals surface area (Å²) < 4.78 is 0. The van der Waals surface area contributed by atoms with Crippen LogP contribution < -0.4 is 0 Å². The van der Waals surface area contributed by atoms with E-state index in [0.29, 0.717) is 36.8 Å². The Hall–Kier alpha value is -2.87. The lowest BCUT2D eigenvalue weighted by atomic mass is 9.38. The molecule has 3 saturated carbocycles. The SMILES string of the molecule is C/C(=C\[C@@H](O)C[C@@H](C)[C@H]1C[C@H](O)[C@@]2(C)C3=C4C(=O)C[C@]12CCCCC[C@@]41CCC(=O)C(C)(C)[C@H]1[C@H](/C=C/c1ccccc1)[C@H]3O)C(=O)O. The van der Waals surface area contributed by atoms with Gasteiger partial charge in [0.05, 0.1) is 18.3 Å². The predicted octanol–water partition coefficient (Wildman–Crippen LogP) is 6.71. The Morgan fingerprint density at radius 2 is 1.71 bits per heavy atom. The number of fused-ring (bicyclic) bond motifs is 2. The number of hydrogen-bond acceptors (Lipinski definition) is 6. The van der Waals surface area contributed by atoms with Gasteiger partial charge in [-0.25, -0.2) is 4.79 Å². The maximum Gasteiger partial charge on any atom is 0.331 e. The van der Waals surface area contributed by atoms with Gasteiger partial charge in [0, 0.05) is 46.2 Å². The number of carboxylic acids is 1. The Morgan fingerprint density at radius 1 is 1.02 bits per heavy atom. The van der Waals surface area contributed by atoms with Gasteiger partial charge in [-0.15, -0.1) is 0 Å². The standard InChI is InChI=1S/C41H54O7/c1-24(20-27(42)21-25(2)37(47)48)29-22-32(45)39(5)34-33-30(43)23-41(29,39)18-11-7-10-17-40(33)19-16-31(44)38(3,4)36(40)28(35(34)46)15-14-26-12-8-6-9-13-26/h6,8-9,12-15,21,24,27-29,32,35-36,42,45-46H,7,10-11,16-20,22-23H2,1-5H3,(H,47,48)/b15-14+,25-21+/t24-,27+,28-,29-,32+,35-,36-,39+,40-,41-/m1/s1. The van der Waals surface area contributed by atoms with Crippen LogP contribution in [0.2, 0.25) is 0 Å². The third-order valence-corrected chi connectivity index (χ3v) is 14.0. The van der Waals surface area contributed by atoms with Crippen molar-refractivity contribution in [2.45, 2.75) is 117 Å². The maximum atomic E-state index is 15.0. The molecule has 6 rings (SSSR count). The van der Waals surface area contributed by atoms with Crippen molar-refractivity contribution in [3.63, 3.8) is 0 Å². The topological polar surface area (TPSA) is 132 Å². The van der Waals surface area contributed by atoms with Crippen molar-refractivity contribution in [2.75, 3.05) is 0 Å². The molecule has 260 valence electrons. The van der Waals surface area contributed by atoms with Gasteiger partial charge in [-0.05, 0) is 79.4 Å². The molecule has 2 spiro atoms. The van der Waals surface area contributed by atoms with Crippen molar-refractivity contribution in [1.29, 1.82) is 0 Å². The minimum atomic E-state index is -1.07. The third-order valence-electron chi connectivity index (χ3n) is 14.0. The number of rotatable bonds is 7. The summed E-state index contributed by atoms with van der Waals surface area (Å²) >= 11 is 0. The number of carboxylic acid groups (broad SMARTS) is 1. The molecule has 1 aromatic rings. The minimum Gasteiger partial charge on any atom is -0.478 e. The van der Waals surface area contributed by atoms with Crippen LogP contribution in [0.5, 0.6) is 0 Å². The number of Topliss-reactive ketones (excluding diaryl/α,β-unsaturated/α-hetero) is 2.